The molecule has 194 valence electrons. The van der Waals surface area contributed by atoms with E-state index in [4.69, 9.17) is 5.90 Å². The normalized spacial score (nSPS) is 12.7. The minimum atomic E-state index is -0.965. The molecule has 1 unspecified atom stereocenters. The fourth-order valence-corrected chi connectivity index (χ4v) is 4.52. The molecule has 1 atom stereocenters. The lowest BCUT2D eigenvalue weighted by Crippen LogP contribution is -2.29. The fraction of sp³-hybridized carbons (Fsp3) is 0.129. The van der Waals surface area contributed by atoms with E-state index >= 15 is 0 Å². The highest BCUT2D eigenvalue weighted by Gasteiger charge is 2.18. The number of allylic oxidation sites excluding steroid dienone is 2. The molecular weight excluding hydrogens is 494 g/mol. The summed E-state index contributed by atoms with van der Waals surface area (Å²) in [5.41, 5.74) is 3.98. The van der Waals surface area contributed by atoms with Gasteiger partial charge in [-0.2, -0.15) is 5.90 Å². The maximum absolute atomic E-state index is 13.1. The molecule has 7 heteroatoms. The number of thioether (sulfide) groups is 1. The predicted molar refractivity (Wildman–Crippen MR) is 157 cm³/mol. The summed E-state index contributed by atoms with van der Waals surface area (Å²) in [6.45, 7) is 8.35. The monoisotopic (exact) mass is 525 g/mol. The Labute approximate surface area is 228 Å². The molecule has 0 radical (unpaired) electrons. The van der Waals surface area contributed by atoms with Crippen LogP contribution in [0.5, 0.6) is 0 Å². The number of benzene rings is 3. The Kier molecular flexibility index (Phi) is 10.8. The Morgan fingerprint density at radius 2 is 1.66 bits per heavy atom. The van der Waals surface area contributed by atoms with Crippen molar-refractivity contribution in [2.24, 2.45) is 16.8 Å². The maximum Gasteiger partial charge on any atom is 0.430 e. The van der Waals surface area contributed by atoms with E-state index < -0.39 is 12.0 Å². The van der Waals surface area contributed by atoms with Gasteiger partial charge < -0.3 is 4.84 Å². The zero-order valence-electron chi connectivity index (χ0n) is 21.5. The number of nitrogens with zero attached hydrogens (tertiary/aromatic N) is 1. The van der Waals surface area contributed by atoms with Crippen LogP contribution < -0.4 is 11.2 Å². The third kappa shape index (κ3) is 8.73. The smallest absolute Gasteiger partial charge is 0.357 e. The van der Waals surface area contributed by atoms with Crippen LogP contribution in [0.3, 0.4) is 0 Å². The van der Waals surface area contributed by atoms with Crippen molar-refractivity contribution in [1.29, 1.82) is 0 Å². The van der Waals surface area contributed by atoms with Gasteiger partial charge in [-0.25, -0.2) is 9.79 Å². The summed E-state index contributed by atoms with van der Waals surface area (Å²) in [7, 11) is 0. The molecular formula is C31H31N3O3S. The molecule has 3 aromatic rings. The summed E-state index contributed by atoms with van der Waals surface area (Å²) in [5.74, 6) is 4.07. The molecule has 0 aliphatic carbocycles. The van der Waals surface area contributed by atoms with Crippen LogP contribution in [-0.4, -0.2) is 18.2 Å². The molecule has 0 fully saturated rings. The van der Waals surface area contributed by atoms with Crippen molar-refractivity contribution in [2.45, 2.75) is 20.3 Å². The van der Waals surface area contributed by atoms with Crippen LogP contribution in [0, 0.1) is 12.8 Å². The Bertz CT molecular complexity index is 1330. The van der Waals surface area contributed by atoms with E-state index in [1.807, 2.05) is 68.5 Å². The van der Waals surface area contributed by atoms with Crippen molar-refractivity contribution >= 4 is 41.0 Å². The summed E-state index contributed by atoms with van der Waals surface area (Å²) < 4.78 is 0. The van der Waals surface area contributed by atoms with Gasteiger partial charge in [0.1, 0.15) is 5.70 Å². The molecule has 3 rings (SSSR count). The van der Waals surface area contributed by atoms with E-state index in [0.29, 0.717) is 12.0 Å². The first-order chi connectivity index (χ1) is 18.4. The van der Waals surface area contributed by atoms with Gasteiger partial charge in [0.2, 0.25) is 0 Å². The van der Waals surface area contributed by atoms with Crippen LogP contribution in [0.15, 0.2) is 113 Å². The molecule has 0 aromatic heterocycles. The molecule has 0 saturated heterocycles. The van der Waals surface area contributed by atoms with Gasteiger partial charge in [0.25, 0.3) is 5.91 Å². The lowest BCUT2D eigenvalue weighted by molar-refractivity contribution is -0.114. The largest absolute Gasteiger partial charge is 0.430 e. The summed E-state index contributed by atoms with van der Waals surface area (Å²) in [6, 6.07) is 27.4. The van der Waals surface area contributed by atoms with Crippen molar-refractivity contribution in [2.75, 3.05) is 0 Å². The van der Waals surface area contributed by atoms with Crippen LogP contribution in [0.4, 0.5) is 4.79 Å². The van der Waals surface area contributed by atoms with Crippen LogP contribution in [0.1, 0.15) is 29.2 Å². The van der Waals surface area contributed by atoms with E-state index in [9.17, 15) is 9.59 Å². The van der Waals surface area contributed by atoms with Crippen LogP contribution in [0.2, 0.25) is 0 Å². The van der Waals surface area contributed by atoms with E-state index in [2.05, 4.69) is 46.0 Å². The second kappa shape index (κ2) is 14.5. The SMILES string of the molecule is C=C(S/C(=C\C)c1ccccc1)C(/C=N/C(=O)/C(=C/c1ccccc1)NC(=O)ON)Cc1ccc(C)cc1. The zero-order valence-corrected chi connectivity index (χ0v) is 22.3. The Balaban J connectivity index is 1.88. The topological polar surface area (TPSA) is 93.8 Å². The molecule has 0 saturated carbocycles. The predicted octanol–water partition coefficient (Wildman–Crippen LogP) is 6.70. The van der Waals surface area contributed by atoms with E-state index in [-0.39, 0.29) is 11.6 Å². The van der Waals surface area contributed by atoms with Crippen molar-refractivity contribution in [3.63, 3.8) is 0 Å². The van der Waals surface area contributed by atoms with E-state index in [1.54, 1.807) is 30.1 Å². The van der Waals surface area contributed by atoms with Crippen molar-refractivity contribution < 1.29 is 14.4 Å². The number of nitrogens with one attached hydrogen (secondary N) is 1. The number of nitrogens with two attached hydrogens (primary N) is 1. The molecule has 0 aliphatic heterocycles. The maximum atomic E-state index is 13.1. The quantitative estimate of drug-likeness (QED) is 0.175. The third-order valence-electron chi connectivity index (χ3n) is 5.61. The highest BCUT2D eigenvalue weighted by atomic mass is 32.2. The van der Waals surface area contributed by atoms with Gasteiger partial charge in [0, 0.05) is 17.0 Å². The van der Waals surface area contributed by atoms with Gasteiger partial charge in [0.05, 0.1) is 0 Å². The number of carbonyl (C=O) groups is 2. The van der Waals surface area contributed by atoms with Crippen LogP contribution in [-0.2, 0) is 16.1 Å². The highest BCUT2D eigenvalue weighted by molar-refractivity contribution is 8.11. The first-order valence-electron chi connectivity index (χ1n) is 12.1. The average molecular weight is 526 g/mol. The zero-order chi connectivity index (χ0) is 27.3. The number of carbonyl (C=O) groups excluding carboxylic acids is 2. The molecule has 0 spiro atoms. The van der Waals surface area contributed by atoms with Gasteiger partial charge in [-0.15, -0.1) is 0 Å². The number of amides is 2. The minimum absolute atomic E-state index is 0.0614. The highest BCUT2D eigenvalue weighted by Crippen LogP contribution is 2.37. The molecule has 0 bridgehead atoms. The van der Waals surface area contributed by atoms with Gasteiger partial charge >= 0.3 is 6.09 Å². The fourth-order valence-electron chi connectivity index (χ4n) is 3.57. The van der Waals surface area contributed by atoms with E-state index in [0.717, 1.165) is 26.5 Å². The first kappa shape index (κ1) is 28.4. The Morgan fingerprint density at radius 3 is 2.26 bits per heavy atom. The number of hydrogen-bond donors (Lipinski definition) is 2. The second-order valence-electron chi connectivity index (χ2n) is 8.47. The Morgan fingerprint density at radius 1 is 1.03 bits per heavy atom. The molecule has 3 aromatic carbocycles. The van der Waals surface area contributed by atoms with Crippen LogP contribution in [0.25, 0.3) is 11.0 Å². The summed E-state index contributed by atoms with van der Waals surface area (Å²) in [5, 5.41) is 2.36. The van der Waals surface area contributed by atoms with Gasteiger partial charge in [-0.1, -0.05) is 115 Å². The second-order valence-corrected chi connectivity index (χ2v) is 9.63. The van der Waals surface area contributed by atoms with Gasteiger partial charge in [-0.3, -0.25) is 10.1 Å². The van der Waals surface area contributed by atoms with Crippen molar-refractivity contribution in [1.82, 2.24) is 5.32 Å². The Hall–Kier alpha value is -4.20. The standard InChI is InChI=1S/C31H31N3O3S/c1-4-29(26-13-9-6-10-14-26)38-23(3)27(19-25-17-15-22(2)16-18-25)21-33-30(35)28(34-31(36)37-32)20-24-11-7-5-8-12-24/h4-18,20-21,27H,3,19,32H2,1-2H3,(H,34,36)/b28-20-,29-4-,33-21+. The average Bonchev–Trinajstić information content (AvgIpc) is 2.95. The van der Waals surface area contributed by atoms with Gasteiger partial charge in [0.15, 0.2) is 0 Å². The first-order valence-corrected chi connectivity index (χ1v) is 12.9. The molecule has 2 amide bonds. The number of rotatable bonds is 10. The van der Waals surface area contributed by atoms with Crippen molar-refractivity contribution in [3.8, 4) is 0 Å². The third-order valence-corrected chi connectivity index (χ3v) is 6.86. The number of aliphatic imine (C=N–C) groups is 1. The summed E-state index contributed by atoms with van der Waals surface area (Å²) in [4.78, 5) is 35.2. The minimum Gasteiger partial charge on any atom is -0.357 e. The molecule has 3 N–H and O–H groups in total. The lowest BCUT2D eigenvalue weighted by Gasteiger charge is -2.17. The van der Waals surface area contributed by atoms with Crippen molar-refractivity contribution in [3.05, 3.63) is 130 Å². The van der Waals surface area contributed by atoms with Crippen LogP contribution >= 0.6 is 11.8 Å². The van der Waals surface area contributed by atoms with Gasteiger partial charge in [-0.05, 0) is 47.9 Å². The lowest BCUT2D eigenvalue weighted by atomic mass is 9.99. The number of hydrogen-bond acceptors (Lipinski definition) is 5. The van der Waals surface area contributed by atoms with E-state index in [1.165, 1.54) is 6.08 Å². The number of aryl methyl sites for hydroxylation is 1. The molecule has 6 nitrogen and oxygen atoms in total. The summed E-state index contributed by atoms with van der Waals surface area (Å²) in [6.07, 6.45) is 4.78. The molecule has 0 aliphatic rings. The molecule has 38 heavy (non-hydrogen) atoms. The molecule has 0 heterocycles. The summed E-state index contributed by atoms with van der Waals surface area (Å²) >= 11 is 1.55.